The van der Waals surface area contributed by atoms with Crippen LogP contribution >= 0.6 is 0 Å². The summed E-state index contributed by atoms with van der Waals surface area (Å²) in [5.74, 6) is 0.700. The van der Waals surface area contributed by atoms with Crippen molar-refractivity contribution in [2.75, 3.05) is 0 Å². The first-order valence-corrected chi connectivity index (χ1v) is 5.27. The number of allylic oxidation sites excluding steroid dienone is 3. The third kappa shape index (κ3) is 3.79. The summed E-state index contributed by atoms with van der Waals surface area (Å²) >= 11 is 0. The van der Waals surface area contributed by atoms with Gasteiger partial charge in [-0.25, -0.2) is 4.79 Å². The van der Waals surface area contributed by atoms with Gasteiger partial charge in [-0.3, -0.25) is 0 Å². The maximum Gasteiger partial charge on any atom is 0.335 e. The van der Waals surface area contributed by atoms with E-state index in [1.165, 1.54) is 6.08 Å². The molecule has 3 heteroatoms. The second-order valence-corrected chi connectivity index (χ2v) is 3.18. The Morgan fingerprint density at radius 3 is 2.11 bits per heavy atom. The fourth-order valence-electron chi connectivity index (χ4n) is 1.16. The molecule has 0 radical (unpaired) electrons. The Labute approximate surface area is 106 Å². The van der Waals surface area contributed by atoms with Crippen molar-refractivity contribution in [3.63, 3.8) is 0 Å². The van der Waals surface area contributed by atoms with Gasteiger partial charge in [-0.2, -0.15) is 0 Å². The van der Waals surface area contributed by atoms with E-state index in [1.807, 2.05) is 0 Å². The molecule has 18 heavy (non-hydrogen) atoms. The standard InChI is InChI=1S/C15H14O3/c1-4-9-12(5-2)17-13-10-7-8-11-14(13)18-15(16)6-3/h4-11H,1-3H2/b12-9+. The minimum absolute atomic E-state index is 0.319. The van der Waals surface area contributed by atoms with Gasteiger partial charge < -0.3 is 9.47 Å². The molecule has 0 bridgehead atoms. The van der Waals surface area contributed by atoms with Gasteiger partial charge in [0, 0.05) is 6.08 Å². The van der Waals surface area contributed by atoms with Crippen LogP contribution in [0.15, 0.2) is 74.1 Å². The first-order chi connectivity index (χ1) is 8.71. The van der Waals surface area contributed by atoms with Gasteiger partial charge >= 0.3 is 5.97 Å². The van der Waals surface area contributed by atoms with E-state index >= 15 is 0 Å². The van der Waals surface area contributed by atoms with Crippen molar-refractivity contribution in [3.8, 4) is 11.5 Å². The van der Waals surface area contributed by atoms with E-state index in [0.29, 0.717) is 17.3 Å². The minimum atomic E-state index is -0.543. The molecule has 0 unspecified atom stereocenters. The van der Waals surface area contributed by atoms with Crippen LogP contribution in [0.2, 0.25) is 0 Å². The molecule has 1 aromatic carbocycles. The topological polar surface area (TPSA) is 35.5 Å². The summed E-state index contributed by atoms with van der Waals surface area (Å²) in [6.07, 6.45) is 5.85. The van der Waals surface area contributed by atoms with E-state index < -0.39 is 5.97 Å². The molecule has 0 spiro atoms. The van der Waals surface area contributed by atoms with Gasteiger partial charge in [0.15, 0.2) is 11.5 Å². The minimum Gasteiger partial charge on any atom is -0.453 e. The van der Waals surface area contributed by atoms with Gasteiger partial charge in [0.25, 0.3) is 0 Å². The van der Waals surface area contributed by atoms with Crippen LogP contribution in [0.5, 0.6) is 11.5 Å². The molecule has 0 saturated carbocycles. The Hall–Kier alpha value is -2.55. The number of carbonyl (C=O) groups is 1. The van der Waals surface area contributed by atoms with Crippen LogP contribution < -0.4 is 9.47 Å². The van der Waals surface area contributed by atoms with E-state index in [1.54, 1.807) is 36.4 Å². The second-order valence-electron chi connectivity index (χ2n) is 3.18. The van der Waals surface area contributed by atoms with Gasteiger partial charge in [-0.1, -0.05) is 37.9 Å². The van der Waals surface area contributed by atoms with Crippen LogP contribution in [0, 0.1) is 0 Å². The average Bonchev–Trinajstić information content (AvgIpc) is 2.40. The highest BCUT2D eigenvalue weighted by molar-refractivity contribution is 5.83. The Kier molecular flexibility index (Phi) is 5.19. The molecule has 0 aliphatic heterocycles. The molecule has 0 atom stereocenters. The van der Waals surface area contributed by atoms with E-state index in [0.717, 1.165) is 6.08 Å². The molecule has 0 saturated heterocycles. The second kappa shape index (κ2) is 6.91. The number of carbonyl (C=O) groups excluding carboxylic acids is 1. The van der Waals surface area contributed by atoms with Crippen molar-refractivity contribution in [2.24, 2.45) is 0 Å². The maximum atomic E-state index is 11.2. The molecule has 92 valence electrons. The first kappa shape index (κ1) is 13.5. The van der Waals surface area contributed by atoms with E-state index in [2.05, 4.69) is 19.7 Å². The summed E-state index contributed by atoms with van der Waals surface area (Å²) in [7, 11) is 0. The molecule has 1 aromatic rings. The SMILES string of the molecule is C=C/C=C(\C=C)Oc1ccccc1OC(=O)C=C. The van der Waals surface area contributed by atoms with Crippen molar-refractivity contribution in [1.29, 1.82) is 0 Å². The molecule has 1 rings (SSSR count). The maximum absolute atomic E-state index is 11.2. The third-order valence-corrected chi connectivity index (χ3v) is 1.94. The molecule has 0 aliphatic rings. The fraction of sp³-hybridized carbons (Fsp3) is 0. The highest BCUT2D eigenvalue weighted by Gasteiger charge is 2.08. The Bertz CT molecular complexity index is 498. The number of rotatable bonds is 6. The molecule has 3 nitrogen and oxygen atoms in total. The summed E-state index contributed by atoms with van der Waals surface area (Å²) in [5.41, 5.74) is 0. The highest BCUT2D eigenvalue weighted by Crippen LogP contribution is 2.28. The Balaban J connectivity index is 2.97. The predicted octanol–water partition coefficient (Wildman–Crippen LogP) is 3.41. The smallest absolute Gasteiger partial charge is 0.335 e. The summed E-state index contributed by atoms with van der Waals surface area (Å²) in [5, 5.41) is 0. The van der Waals surface area contributed by atoms with Crippen molar-refractivity contribution in [3.05, 3.63) is 74.1 Å². The van der Waals surface area contributed by atoms with Gasteiger partial charge in [-0.05, 0) is 24.3 Å². The summed E-state index contributed by atoms with van der Waals surface area (Å²) in [4.78, 5) is 11.2. The Morgan fingerprint density at radius 2 is 1.61 bits per heavy atom. The number of ether oxygens (including phenoxy) is 2. The summed E-state index contributed by atoms with van der Waals surface area (Å²) in [6, 6.07) is 6.83. The zero-order valence-electron chi connectivity index (χ0n) is 9.96. The van der Waals surface area contributed by atoms with E-state index in [4.69, 9.17) is 9.47 Å². The van der Waals surface area contributed by atoms with Crippen LogP contribution in [-0.4, -0.2) is 5.97 Å². The van der Waals surface area contributed by atoms with Crippen molar-refractivity contribution in [2.45, 2.75) is 0 Å². The van der Waals surface area contributed by atoms with Gasteiger partial charge in [-0.15, -0.1) is 0 Å². The zero-order chi connectivity index (χ0) is 13.4. The van der Waals surface area contributed by atoms with Crippen molar-refractivity contribution >= 4 is 5.97 Å². The quantitative estimate of drug-likeness (QED) is 0.252. The average molecular weight is 242 g/mol. The lowest BCUT2D eigenvalue weighted by atomic mass is 10.3. The zero-order valence-corrected chi connectivity index (χ0v) is 9.96. The molecular weight excluding hydrogens is 228 g/mol. The largest absolute Gasteiger partial charge is 0.453 e. The van der Waals surface area contributed by atoms with Crippen LogP contribution in [0.3, 0.4) is 0 Å². The first-order valence-electron chi connectivity index (χ1n) is 5.27. The molecule has 0 fully saturated rings. The predicted molar refractivity (Wildman–Crippen MR) is 71.4 cm³/mol. The van der Waals surface area contributed by atoms with Crippen LogP contribution in [0.25, 0.3) is 0 Å². The van der Waals surface area contributed by atoms with Gasteiger partial charge in [0.05, 0.1) is 0 Å². The van der Waals surface area contributed by atoms with E-state index in [-0.39, 0.29) is 0 Å². The Morgan fingerprint density at radius 1 is 1.00 bits per heavy atom. The number of hydrogen-bond acceptors (Lipinski definition) is 3. The van der Waals surface area contributed by atoms with Gasteiger partial charge in [0.2, 0.25) is 0 Å². The molecule has 0 aliphatic carbocycles. The number of esters is 1. The van der Waals surface area contributed by atoms with E-state index in [9.17, 15) is 4.79 Å². The van der Waals surface area contributed by atoms with Crippen LogP contribution in [-0.2, 0) is 4.79 Å². The van der Waals surface area contributed by atoms with Crippen molar-refractivity contribution < 1.29 is 14.3 Å². The molecule has 0 amide bonds. The lowest BCUT2D eigenvalue weighted by Crippen LogP contribution is -2.05. The van der Waals surface area contributed by atoms with Gasteiger partial charge in [0.1, 0.15) is 5.76 Å². The number of benzene rings is 1. The fourth-order valence-corrected chi connectivity index (χ4v) is 1.16. The highest BCUT2D eigenvalue weighted by atomic mass is 16.6. The number of hydrogen-bond donors (Lipinski definition) is 0. The lowest BCUT2D eigenvalue weighted by molar-refractivity contribution is -0.129. The third-order valence-electron chi connectivity index (χ3n) is 1.94. The van der Waals surface area contributed by atoms with Crippen LogP contribution in [0.1, 0.15) is 0 Å². The summed E-state index contributed by atoms with van der Waals surface area (Å²) in [6.45, 7) is 10.5. The molecule has 0 N–H and O–H groups in total. The molecule has 0 aromatic heterocycles. The monoisotopic (exact) mass is 242 g/mol. The van der Waals surface area contributed by atoms with Crippen molar-refractivity contribution in [1.82, 2.24) is 0 Å². The lowest BCUT2D eigenvalue weighted by Gasteiger charge is -2.10. The normalized spacial score (nSPS) is 10.3. The molecular formula is C15H14O3. The summed E-state index contributed by atoms with van der Waals surface area (Å²) < 4.78 is 10.6. The van der Waals surface area contributed by atoms with Crippen LogP contribution in [0.4, 0.5) is 0 Å². The molecule has 0 heterocycles. The number of para-hydroxylation sites is 2.